The first-order valence-electron chi connectivity index (χ1n) is 5.71. The number of nitrogens with one attached hydrogen (secondary N) is 1. The minimum atomic E-state index is -4.42. The molecule has 0 heterocycles. The maximum Gasteiger partial charge on any atom is 0.405 e. The molecule has 19 heavy (non-hydrogen) atoms. The largest absolute Gasteiger partial charge is 0.405 e. The highest BCUT2D eigenvalue weighted by molar-refractivity contribution is 5.94. The van der Waals surface area contributed by atoms with Crippen LogP contribution >= 0.6 is 0 Å². The van der Waals surface area contributed by atoms with Crippen LogP contribution in [0.25, 0.3) is 0 Å². The molecule has 104 valence electrons. The smallest absolute Gasteiger partial charge is 0.343 e. The van der Waals surface area contributed by atoms with Gasteiger partial charge in [0.05, 0.1) is 0 Å². The maximum atomic E-state index is 11.9. The second-order valence-electron chi connectivity index (χ2n) is 4.20. The molecule has 0 saturated carbocycles. The van der Waals surface area contributed by atoms with Crippen LogP contribution in [-0.2, 0) is 11.2 Å². The zero-order valence-corrected chi connectivity index (χ0v) is 10.4. The number of alkyl halides is 3. The van der Waals surface area contributed by atoms with Gasteiger partial charge in [0.1, 0.15) is 12.3 Å². The molecule has 3 nitrogen and oxygen atoms in total. The van der Waals surface area contributed by atoms with Crippen LogP contribution in [0.2, 0.25) is 0 Å². The lowest BCUT2D eigenvalue weighted by atomic mass is 10.1. The number of rotatable bonds is 5. The van der Waals surface area contributed by atoms with Crippen LogP contribution in [0.5, 0.6) is 0 Å². The fourth-order valence-electron chi connectivity index (χ4n) is 1.43. The van der Waals surface area contributed by atoms with Crippen molar-refractivity contribution in [2.24, 2.45) is 0 Å². The Bertz CT molecular complexity index is 452. The van der Waals surface area contributed by atoms with E-state index < -0.39 is 18.6 Å². The quantitative estimate of drug-likeness (QED) is 0.896. The molecule has 0 aliphatic heterocycles. The van der Waals surface area contributed by atoms with Crippen LogP contribution in [0.1, 0.15) is 29.3 Å². The van der Waals surface area contributed by atoms with E-state index in [2.05, 4.69) is 0 Å². The Morgan fingerprint density at radius 3 is 2.21 bits per heavy atom. The normalized spacial score (nSPS) is 11.2. The van der Waals surface area contributed by atoms with E-state index in [0.29, 0.717) is 12.8 Å². The molecule has 0 unspecified atom stereocenters. The Kier molecular flexibility index (Phi) is 5.09. The summed E-state index contributed by atoms with van der Waals surface area (Å²) in [5, 5.41) is 1.79. The summed E-state index contributed by atoms with van der Waals surface area (Å²) in [6, 6.07) is 6.15. The van der Waals surface area contributed by atoms with Gasteiger partial charge in [-0.15, -0.1) is 0 Å². The molecule has 0 fully saturated rings. The van der Waals surface area contributed by atoms with Crippen molar-refractivity contribution in [2.75, 3.05) is 6.54 Å². The highest BCUT2D eigenvalue weighted by Gasteiger charge is 2.27. The predicted molar refractivity (Wildman–Crippen MR) is 63.8 cm³/mol. The lowest BCUT2D eigenvalue weighted by Gasteiger charge is -2.08. The summed E-state index contributed by atoms with van der Waals surface area (Å²) in [4.78, 5) is 22.2. The molecule has 1 N–H and O–H groups in total. The first-order valence-corrected chi connectivity index (χ1v) is 5.71. The third kappa shape index (κ3) is 6.03. The number of benzene rings is 1. The summed E-state index contributed by atoms with van der Waals surface area (Å²) in [6.45, 7) is 0.136. The number of halogens is 3. The van der Waals surface area contributed by atoms with Gasteiger partial charge in [-0.05, 0) is 31.0 Å². The predicted octanol–water partition coefficient (Wildman–Crippen LogP) is 2.50. The van der Waals surface area contributed by atoms with Gasteiger partial charge in [0.2, 0.25) is 0 Å². The van der Waals surface area contributed by atoms with Gasteiger partial charge < -0.3 is 10.1 Å². The maximum absolute atomic E-state index is 11.9. The number of Topliss-reactive ketones (excluding diaryl/α,β-unsaturated/α-hetero) is 1. The molecule has 0 saturated heterocycles. The number of ketones is 1. The topological polar surface area (TPSA) is 46.2 Å². The summed E-state index contributed by atoms with van der Waals surface area (Å²) >= 11 is 0. The second-order valence-corrected chi connectivity index (χ2v) is 4.20. The molecule has 0 aliphatic rings. The standard InChI is InChI=1S/C13H14F3NO2/c1-9(18)2-3-10-4-6-11(7-5-10)12(19)17-8-13(14,15)16/h4-7H,2-3,8H2,1H3,(H,17,19). The summed E-state index contributed by atoms with van der Waals surface area (Å²) in [5.74, 6) is -0.706. The van der Waals surface area contributed by atoms with Crippen molar-refractivity contribution in [1.82, 2.24) is 5.32 Å². The number of aryl methyl sites for hydroxylation is 1. The van der Waals surface area contributed by atoms with E-state index >= 15 is 0 Å². The Labute approximate surface area is 108 Å². The van der Waals surface area contributed by atoms with E-state index in [1.165, 1.54) is 19.1 Å². The Morgan fingerprint density at radius 1 is 1.16 bits per heavy atom. The molecule has 0 atom stereocenters. The van der Waals surface area contributed by atoms with Crippen molar-refractivity contribution >= 4 is 11.7 Å². The Hall–Kier alpha value is -1.85. The monoisotopic (exact) mass is 273 g/mol. The first-order chi connectivity index (χ1) is 8.78. The van der Waals surface area contributed by atoms with Gasteiger partial charge in [-0.25, -0.2) is 0 Å². The average molecular weight is 273 g/mol. The summed E-state index contributed by atoms with van der Waals surface area (Å²) in [5.41, 5.74) is 1.03. The average Bonchev–Trinajstić information content (AvgIpc) is 2.33. The van der Waals surface area contributed by atoms with Gasteiger partial charge in [0, 0.05) is 12.0 Å². The molecule has 0 spiro atoms. The number of carbonyl (C=O) groups excluding carboxylic acids is 2. The highest BCUT2D eigenvalue weighted by atomic mass is 19.4. The van der Waals surface area contributed by atoms with Crippen LogP contribution in [0.4, 0.5) is 13.2 Å². The van der Waals surface area contributed by atoms with Gasteiger partial charge in [0.15, 0.2) is 0 Å². The lowest BCUT2D eigenvalue weighted by Crippen LogP contribution is -2.33. The molecule has 6 heteroatoms. The summed E-state index contributed by atoms with van der Waals surface area (Å²) in [7, 11) is 0. The minimum Gasteiger partial charge on any atom is -0.343 e. The third-order valence-electron chi connectivity index (χ3n) is 2.43. The molecular formula is C13H14F3NO2. The molecule has 0 aromatic heterocycles. The van der Waals surface area contributed by atoms with E-state index in [1.54, 1.807) is 17.4 Å². The number of hydrogen-bond donors (Lipinski definition) is 1. The van der Waals surface area contributed by atoms with Gasteiger partial charge in [0.25, 0.3) is 5.91 Å². The second kappa shape index (κ2) is 6.36. The van der Waals surface area contributed by atoms with Crippen LogP contribution in [-0.4, -0.2) is 24.4 Å². The molecule has 0 radical (unpaired) electrons. The lowest BCUT2D eigenvalue weighted by molar-refractivity contribution is -0.123. The molecular weight excluding hydrogens is 259 g/mol. The van der Waals surface area contributed by atoms with Crippen molar-refractivity contribution in [3.63, 3.8) is 0 Å². The van der Waals surface area contributed by atoms with Gasteiger partial charge >= 0.3 is 6.18 Å². The van der Waals surface area contributed by atoms with Crippen molar-refractivity contribution in [3.8, 4) is 0 Å². The minimum absolute atomic E-state index is 0.0620. The molecule has 1 amide bonds. The molecule has 0 aliphatic carbocycles. The highest BCUT2D eigenvalue weighted by Crippen LogP contribution is 2.13. The van der Waals surface area contributed by atoms with Crippen molar-refractivity contribution in [2.45, 2.75) is 25.9 Å². The molecule has 1 aromatic carbocycles. The van der Waals surface area contributed by atoms with Crippen LogP contribution in [0.15, 0.2) is 24.3 Å². The summed E-state index contributed by atoms with van der Waals surface area (Å²) in [6.07, 6.45) is -3.46. The van der Waals surface area contributed by atoms with Gasteiger partial charge in [-0.2, -0.15) is 13.2 Å². The fourth-order valence-corrected chi connectivity index (χ4v) is 1.43. The summed E-state index contributed by atoms with van der Waals surface area (Å²) < 4.78 is 35.8. The van der Waals surface area contributed by atoms with E-state index in [-0.39, 0.29) is 11.3 Å². The van der Waals surface area contributed by atoms with Crippen molar-refractivity contribution in [1.29, 1.82) is 0 Å². The first kappa shape index (κ1) is 15.2. The van der Waals surface area contributed by atoms with E-state index in [1.807, 2.05) is 0 Å². The zero-order valence-electron chi connectivity index (χ0n) is 10.4. The SMILES string of the molecule is CC(=O)CCc1ccc(C(=O)NCC(F)(F)F)cc1. The van der Waals surface area contributed by atoms with Crippen molar-refractivity contribution in [3.05, 3.63) is 35.4 Å². The van der Waals surface area contributed by atoms with Gasteiger partial charge in [-0.3, -0.25) is 4.79 Å². The van der Waals surface area contributed by atoms with Crippen LogP contribution < -0.4 is 5.32 Å². The Morgan fingerprint density at radius 2 is 1.74 bits per heavy atom. The fraction of sp³-hybridized carbons (Fsp3) is 0.385. The van der Waals surface area contributed by atoms with Crippen LogP contribution in [0, 0.1) is 0 Å². The third-order valence-corrected chi connectivity index (χ3v) is 2.43. The zero-order chi connectivity index (χ0) is 14.5. The number of amides is 1. The number of hydrogen-bond acceptors (Lipinski definition) is 2. The van der Waals surface area contributed by atoms with Gasteiger partial charge in [-0.1, -0.05) is 12.1 Å². The molecule has 0 bridgehead atoms. The van der Waals surface area contributed by atoms with E-state index in [4.69, 9.17) is 0 Å². The Balaban J connectivity index is 2.55. The number of carbonyl (C=O) groups is 2. The van der Waals surface area contributed by atoms with E-state index in [0.717, 1.165) is 5.56 Å². The molecule has 1 aromatic rings. The van der Waals surface area contributed by atoms with Crippen molar-refractivity contribution < 1.29 is 22.8 Å². The molecule has 1 rings (SSSR count). The van der Waals surface area contributed by atoms with E-state index in [9.17, 15) is 22.8 Å². The van der Waals surface area contributed by atoms with Crippen LogP contribution in [0.3, 0.4) is 0 Å².